The van der Waals surface area contributed by atoms with E-state index in [9.17, 15) is 9.50 Å². The van der Waals surface area contributed by atoms with Gasteiger partial charge in [-0.05, 0) is 41.0 Å². The maximum atomic E-state index is 16.3. The Morgan fingerprint density at radius 2 is 1.89 bits per heavy atom. The Kier molecular flexibility index (Phi) is 4.99. The molecule has 2 saturated heterocycles. The second kappa shape index (κ2) is 7.80. The zero-order chi connectivity index (χ0) is 25.4. The van der Waals surface area contributed by atoms with Crippen molar-refractivity contribution >= 4 is 27.5 Å². The lowest BCUT2D eigenvalue weighted by atomic mass is 9.86. The fourth-order valence-electron chi connectivity index (χ4n) is 5.28. The zero-order valence-electron chi connectivity index (χ0n) is 20.8. The first-order chi connectivity index (χ1) is 17.1. The molecule has 2 aliphatic heterocycles. The van der Waals surface area contributed by atoms with Crippen molar-refractivity contribution in [1.29, 1.82) is 0 Å². The van der Waals surface area contributed by atoms with Crippen LogP contribution in [-0.2, 0) is 16.6 Å². The van der Waals surface area contributed by atoms with Crippen LogP contribution in [0.25, 0.3) is 32.9 Å². The van der Waals surface area contributed by atoms with Crippen LogP contribution in [0.2, 0.25) is 0 Å². The van der Waals surface area contributed by atoms with Crippen molar-refractivity contribution in [2.45, 2.75) is 51.6 Å². The molecule has 6 nitrogen and oxygen atoms in total. The summed E-state index contributed by atoms with van der Waals surface area (Å²) in [7, 11) is 0. The molecule has 2 aromatic carbocycles. The lowest BCUT2D eigenvalue weighted by Crippen LogP contribution is -2.68. The molecule has 0 radical (unpaired) electrons. The van der Waals surface area contributed by atoms with Crippen LogP contribution in [0, 0.1) is 11.6 Å². The topological polar surface area (TPSA) is 71.4 Å². The van der Waals surface area contributed by atoms with Gasteiger partial charge in [0.05, 0.1) is 25.1 Å². The predicted molar refractivity (Wildman–Crippen MR) is 135 cm³/mol. The number of hydrogen-bond donors (Lipinski definition) is 1. The summed E-state index contributed by atoms with van der Waals surface area (Å²) < 4.78 is 36.8. The largest absolute Gasteiger partial charge is 0.508 e. The number of aryl methyl sites for hydroxylation is 1. The van der Waals surface area contributed by atoms with Crippen LogP contribution in [0.1, 0.15) is 45.5 Å². The number of aromatic hydroxyl groups is 1. The summed E-state index contributed by atoms with van der Waals surface area (Å²) in [5, 5.41) is 12.1. The quantitative estimate of drug-likeness (QED) is 0.399. The van der Waals surface area contributed by atoms with Crippen LogP contribution in [0.3, 0.4) is 0 Å². The van der Waals surface area contributed by atoms with Gasteiger partial charge in [0, 0.05) is 23.6 Å². The van der Waals surface area contributed by atoms with Crippen molar-refractivity contribution in [2.75, 3.05) is 24.6 Å². The van der Waals surface area contributed by atoms with Gasteiger partial charge < -0.3 is 14.7 Å². The number of pyridine rings is 1. The van der Waals surface area contributed by atoms with Crippen molar-refractivity contribution in [2.24, 2.45) is 0 Å². The Bertz CT molecular complexity index is 1540. The Morgan fingerprint density at radius 3 is 2.53 bits per heavy atom. The standard InChI is InChI=1S/C28H28F2N4O2/c1-5-17-20(29)7-6-15-10-16(35)11-18(21(15)17)23-22(30)24-19(12-31-23)25(33-26(32-24)27(2,3)4)34-13-28(14-34)8-9-36-28/h6-7,10-12,35H,5,8-9,13-14H2,1-4H3. The van der Waals surface area contributed by atoms with Gasteiger partial charge in [-0.3, -0.25) is 4.98 Å². The summed E-state index contributed by atoms with van der Waals surface area (Å²) in [5.74, 6) is 0.137. The van der Waals surface area contributed by atoms with Gasteiger partial charge in [-0.2, -0.15) is 0 Å². The number of ether oxygens (including phenoxy) is 1. The number of halogens is 2. The molecular weight excluding hydrogens is 462 g/mol. The molecule has 0 bridgehead atoms. The van der Waals surface area contributed by atoms with E-state index in [1.807, 2.05) is 27.7 Å². The summed E-state index contributed by atoms with van der Waals surface area (Å²) in [4.78, 5) is 16.1. The highest BCUT2D eigenvalue weighted by Crippen LogP contribution is 2.42. The molecule has 186 valence electrons. The number of hydrogen-bond acceptors (Lipinski definition) is 6. The normalized spacial score (nSPS) is 17.0. The molecule has 0 unspecified atom stereocenters. The second-order valence-corrected chi connectivity index (χ2v) is 10.9. The number of phenols is 1. The highest BCUT2D eigenvalue weighted by Gasteiger charge is 2.50. The SMILES string of the molecule is CCc1c(F)ccc2cc(O)cc(-c3ncc4c(N5CC6(CCO6)C5)nc(C(C)(C)C)nc4c3F)c12. The monoisotopic (exact) mass is 490 g/mol. The summed E-state index contributed by atoms with van der Waals surface area (Å²) >= 11 is 0. The zero-order valence-corrected chi connectivity index (χ0v) is 20.8. The first-order valence-electron chi connectivity index (χ1n) is 12.3. The third kappa shape index (κ3) is 3.42. The molecule has 1 N–H and O–H groups in total. The van der Waals surface area contributed by atoms with Gasteiger partial charge in [-0.15, -0.1) is 0 Å². The molecular formula is C28H28F2N4O2. The number of nitrogens with zero attached hydrogens (tertiary/aromatic N) is 4. The summed E-state index contributed by atoms with van der Waals surface area (Å²) in [5.41, 5.74) is 0.446. The second-order valence-electron chi connectivity index (χ2n) is 10.9. The van der Waals surface area contributed by atoms with E-state index in [2.05, 4.69) is 14.9 Å². The highest BCUT2D eigenvalue weighted by atomic mass is 19.1. The first kappa shape index (κ1) is 23.0. The predicted octanol–water partition coefficient (Wildman–Crippen LogP) is 5.67. The summed E-state index contributed by atoms with van der Waals surface area (Å²) in [6.07, 6.45) is 3.01. The van der Waals surface area contributed by atoms with E-state index in [0.717, 1.165) is 13.0 Å². The minimum Gasteiger partial charge on any atom is -0.508 e. The van der Waals surface area contributed by atoms with Crippen LogP contribution < -0.4 is 4.90 Å². The van der Waals surface area contributed by atoms with E-state index in [-0.39, 0.29) is 28.4 Å². The van der Waals surface area contributed by atoms with Crippen molar-refractivity contribution in [3.8, 4) is 17.0 Å². The molecule has 2 aliphatic rings. The number of anilines is 1. The number of rotatable bonds is 3. The molecule has 0 amide bonds. The molecule has 8 heteroatoms. The number of benzene rings is 2. The van der Waals surface area contributed by atoms with Crippen LogP contribution in [0.4, 0.5) is 14.6 Å². The molecule has 4 aromatic rings. The average molecular weight is 491 g/mol. The van der Waals surface area contributed by atoms with E-state index < -0.39 is 11.2 Å². The van der Waals surface area contributed by atoms with Crippen LogP contribution >= 0.6 is 0 Å². The van der Waals surface area contributed by atoms with Crippen LogP contribution in [-0.4, -0.2) is 45.4 Å². The average Bonchev–Trinajstić information content (AvgIpc) is 2.76. The van der Waals surface area contributed by atoms with E-state index >= 15 is 4.39 Å². The first-order valence-corrected chi connectivity index (χ1v) is 12.3. The molecule has 0 aliphatic carbocycles. The van der Waals surface area contributed by atoms with Crippen LogP contribution in [0.15, 0.2) is 30.5 Å². The van der Waals surface area contributed by atoms with E-state index in [4.69, 9.17) is 9.72 Å². The van der Waals surface area contributed by atoms with Crippen molar-refractivity contribution in [1.82, 2.24) is 15.0 Å². The van der Waals surface area contributed by atoms with Gasteiger partial charge >= 0.3 is 0 Å². The van der Waals surface area contributed by atoms with E-state index in [0.29, 0.717) is 58.4 Å². The maximum Gasteiger partial charge on any atom is 0.175 e. The number of fused-ring (bicyclic) bond motifs is 2. The molecule has 4 heterocycles. The van der Waals surface area contributed by atoms with Crippen LogP contribution in [0.5, 0.6) is 5.75 Å². The highest BCUT2D eigenvalue weighted by molar-refractivity contribution is 6.01. The molecule has 36 heavy (non-hydrogen) atoms. The van der Waals surface area contributed by atoms with E-state index in [1.54, 1.807) is 18.3 Å². The molecule has 0 atom stereocenters. The van der Waals surface area contributed by atoms with Gasteiger partial charge in [-0.25, -0.2) is 18.7 Å². The number of aromatic nitrogens is 3. The van der Waals surface area contributed by atoms with Crippen molar-refractivity contribution in [3.05, 3.63) is 53.5 Å². The summed E-state index contributed by atoms with van der Waals surface area (Å²) in [6, 6.07) is 5.95. The Balaban J connectivity index is 1.60. The smallest absolute Gasteiger partial charge is 0.175 e. The Hall–Kier alpha value is -3.39. The third-order valence-electron chi connectivity index (χ3n) is 7.32. The van der Waals surface area contributed by atoms with Gasteiger partial charge in [0.15, 0.2) is 5.82 Å². The fraction of sp³-hybridized carbons (Fsp3) is 0.393. The van der Waals surface area contributed by atoms with Crippen molar-refractivity contribution in [3.63, 3.8) is 0 Å². The Morgan fingerprint density at radius 1 is 1.14 bits per heavy atom. The van der Waals surface area contributed by atoms with Gasteiger partial charge in [0.25, 0.3) is 0 Å². The lowest BCUT2D eigenvalue weighted by molar-refractivity contribution is -0.161. The lowest BCUT2D eigenvalue weighted by Gasteiger charge is -2.55. The minimum atomic E-state index is -0.616. The third-order valence-corrected chi connectivity index (χ3v) is 7.32. The molecule has 6 rings (SSSR count). The summed E-state index contributed by atoms with van der Waals surface area (Å²) in [6.45, 7) is 9.98. The number of phenolic OH excluding ortho intramolecular Hbond substituents is 1. The van der Waals surface area contributed by atoms with Gasteiger partial charge in [0.1, 0.15) is 40.0 Å². The maximum absolute atomic E-state index is 16.3. The van der Waals surface area contributed by atoms with Gasteiger partial charge in [-0.1, -0.05) is 33.8 Å². The molecule has 2 aromatic heterocycles. The van der Waals surface area contributed by atoms with Crippen molar-refractivity contribution < 1.29 is 18.6 Å². The Labute approximate surface area is 208 Å². The fourth-order valence-corrected chi connectivity index (χ4v) is 5.28. The minimum absolute atomic E-state index is 0.0237. The van der Waals surface area contributed by atoms with E-state index in [1.165, 1.54) is 12.1 Å². The molecule has 1 spiro atoms. The molecule has 0 saturated carbocycles. The molecule has 2 fully saturated rings. The van der Waals surface area contributed by atoms with Gasteiger partial charge in [0.2, 0.25) is 0 Å².